The maximum absolute atomic E-state index is 11.2. The molecule has 0 bridgehead atoms. The van der Waals surface area contributed by atoms with Crippen molar-refractivity contribution >= 4 is 29.2 Å². The second-order valence-corrected chi connectivity index (χ2v) is 5.26. The Kier molecular flexibility index (Phi) is 3.66. The molecule has 1 amide bonds. The number of carbonyl (C=O) groups excluding carboxylic acids is 1. The van der Waals surface area contributed by atoms with Gasteiger partial charge in [0.2, 0.25) is 5.91 Å². The van der Waals surface area contributed by atoms with E-state index in [1.807, 2.05) is 0 Å². The number of hydrogen-bond donors (Lipinski definition) is 3. The van der Waals surface area contributed by atoms with Crippen LogP contribution in [0.15, 0.2) is 18.2 Å². The molecule has 1 saturated carbocycles. The van der Waals surface area contributed by atoms with E-state index in [0.29, 0.717) is 25.1 Å². The van der Waals surface area contributed by atoms with E-state index in [1.54, 1.807) is 12.1 Å². The van der Waals surface area contributed by atoms with Gasteiger partial charge in [-0.1, -0.05) is 18.0 Å². The number of hydrogen-bond acceptors (Lipinski definition) is 3. The lowest BCUT2D eigenvalue weighted by Gasteiger charge is -2.37. The Morgan fingerprint density at radius 1 is 1.42 bits per heavy atom. The van der Waals surface area contributed by atoms with Crippen LogP contribution in [0, 0.1) is 5.41 Å². The quantitative estimate of drug-likeness (QED) is 0.771. The van der Waals surface area contributed by atoms with Gasteiger partial charge in [-0.3, -0.25) is 9.59 Å². The molecule has 0 atom stereocenters. The summed E-state index contributed by atoms with van der Waals surface area (Å²) >= 11 is 5.93. The van der Waals surface area contributed by atoms with Crippen molar-refractivity contribution in [3.8, 4) is 0 Å². The Balaban J connectivity index is 2.06. The molecule has 1 aromatic rings. The second-order valence-electron chi connectivity index (χ2n) is 4.85. The van der Waals surface area contributed by atoms with Crippen LogP contribution < -0.4 is 11.1 Å². The van der Waals surface area contributed by atoms with E-state index >= 15 is 0 Å². The molecule has 0 spiro atoms. The summed E-state index contributed by atoms with van der Waals surface area (Å²) < 4.78 is 0. The smallest absolute Gasteiger partial charge is 0.311 e. The Morgan fingerprint density at radius 3 is 2.53 bits per heavy atom. The van der Waals surface area contributed by atoms with E-state index < -0.39 is 17.3 Å². The van der Waals surface area contributed by atoms with Crippen molar-refractivity contribution in [3.63, 3.8) is 0 Å². The van der Waals surface area contributed by atoms with Gasteiger partial charge in [-0.2, -0.15) is 0 Å². The van der Waals surface area contributed by atoms with E-state index in [-0.39, 0.29) is 10.6 Å². The van der Waals surface area contributed by atoms with Gasteiger partial charge in [-0.05, 0) is 31.0 Å². The molecule has 2 rings (SSSR count). The lowest BCUT2D eigenvalue weighted by Crippen LogP contribution is -2.43. The topological polar surface area (TPSA) is 92.4 Å². The minimum Gasteiger partial charge on any atom is -0.481 e. The number of halogens is 1. The van der Waals surface area contributed by atoms with Crippen LogP contribution in [-0.2, 0) is 4.79 Å². The first-order chi connectivity index (χ1) is 8.94. The highest BCUT2D eigenvalue weighted by molar-refractivity contribution is 6.34. The number of carboxylic acid groups (broad SMARTS) is 1. The van der Waals surface area contributed by atoms with Gasteiger partial charge >= 0.3 is 5.97 Å². The number of amides is 1. The van der Waals surface area contributed by atoms with Crippen molar-refractivity contribution in [1.29, 1.82) is 0 Å². The lowest BCUT2D eigenvalue weighted by atomic mass is 9.69. The minimum absolute atomic E-state index is 0.254. The standard InChI is InChI=1S/C13H15ClN2O3/c14-10-6-8(2-3-9(10)11(15)17)16-7-13(12(18)19)4-1-5-13/h2-3,6,16H,1,4-5,7H2,(H2,15,17)(H,18,19). The zero-order valence-electron chi connectivity index (χ0n) is 10.3. The number of carbonyl (C=O) groups is 2. The number of nitrogens with two attached hydrogens (primary N) is 1. The first-order valence-electron chi connectivity index (χ1n) is 6.01. The summed E-state index contributed by atoms with van der Waals surface area (Å²) in [6.45, 7) is 0.356. The molecule has 1 aliphatic carbocycles. The third kappa shape index (κ3) is 2.66. The summed E-state index contributed by atoms with van der Waals surface area (Å²) in [5.41, 5.74) is 5.42. The minimum atomic E-state index is -0.772. The summed E-state index contributed by atoms with van der Waals surface area (Å²) in [6.07, 6.45) is 2.31. The molecule has 0 saturated heterocycles. The van der Waals surface area contributed by atoms with Crippen LogP contribution in [-0.4, -0.2) is 23.5 Å². The highest BCUT2D eigenvalue weighted by atomic mass is 35.5. The van der Waals surface area contributed by atoms with Crippen LogP contribution >= 0.6 is 11.6 Å². The van der Waals surface area contributed by atoms with Crippen LogP contribution in [0.3, 0.4) is 0 Å². The average molecular weight is 283 g/mol. The first kappa shape index (κ1) is 13.7. The van der Waals surface area contributed by atoms with Gasteiger partial charge in [0.25, 0.3) is 0 Å². The number of anilines is 1. The number of primary amides is 1. The highest BCUT2D eigenvalue weighted by Crippen LogP contribution is 2.41. The van der Waals surface area contributed by atoms with E-state index in [1.165, 1.54) is 6.07 Å². The fraction of sp³-hybridized carbons (Fsp3) is 0.385. The molecule has 0 aromatic heterocycles. The summed E-state index contributed by atoms with van der Waals surface area (Å²) in [7, 11) is 0. The van der Waals surface area contributed by atoms with Gasteiger partial charge in [0, 0.05) is 12.2 Å². The number of aliphatic carboxylic acids is 1. The van der Waals surface area contributed by atoms with E-state index in [2.05, 4.69) is 5.32 Å². The fourth-order valence-corrected chi connectivity index (χ4v) is 2.44. The largest absolute Gasteiger partial charge is 0.481 e. The van der Waals surface area contributed by atoms with Crippen LogP contribution in [0.5, 0.6) is 0 Å². The third-order valence-electron chi connectivity index (χ3n) is 3.63. The van der Waals surface area contributed by atoms with E-state index in [0.717, 1.165) is 6.42 Å². The fourth-order valence-electron chi connectivity index (χ4n) is 2.17. The Labute approximate surface area is 115 Å². The van der Waals surface area contributed by atoms with Crippen molar-refractivity contribution in [2.24, 2.45) is 11.1 Å². The molecule has 1 aromatic carbocycles. The summed E-state index contributed by atoms with van der Waals surface area (Å²) in [5, 5.41) is 12.5. The molecule has 4 N–H and O–H groups in total. The molecule has 0 unspecified atom stereocenters. The van der Waals surface area contributed by atoms with Crippen molar-refractivity contribution in [3.05, 3.63) is 28.8 Å². The number of nitrogens with one attached hydrogen (secondary N) is 1. The van der Waals surface area contributed by atoms with Crippen LogP contribution in [0.2, 0.25) is 5.02 Å². The third-order valence-corrected chi connectivity index (χ3v) is 3.94. The van der Waals surface area contributed by atoms with Gasteiger partial charge in [-0.25, -0.2) is 0 Å². The monoisotopic (exact) mass is 282 g/mol. The maximum Gasteiger partial charge on any atom is 0.311 e. The van der Waals surface area contributed by atoms with E-state index in [4.69, 9.17) is 17.3 Å². The van der Waals surface area contributed by atoms with Crippen LogP contribution in [0.25, 0.3) is 0 Å². The molecule has 6 heteroatoms. The molecular formula is C13H15ClN2O3. The Hall–Kier alpha value is -1.75. The zero-order valence-corrected chi connectivity index (χ0v) is 11.0. The number of rotatable bonds is 5. The van der Waals surface area contributed by atoms with E-state index in [9.17, 15) is 14.7 Å². The highest BCUT2D eigenvalue weighted by Gasteiger charge is 2.44. The van der Waals surface area contributed by atoms with Gasteiger partial charge in [0.05, 0.1) is 16.0 Å². The molecule has 0 aliphatic heterocycles. The molecule has 1 fully saturated rings. The zero-order chi connectivity index (χ0) is 14.0. The van der Waals surface area contributed by atoms with Crippen molar-refractivity contribution in [1.82, 2.24) is 0 Å². The Bertz CT molecular complexity index is 527. The van der Waals surface area contributed by atoms with Gasteiger partial charge in [0.1, 0.15) is 0 Å². The van der Waals surface area contributed by atoms with Crippen LogP contribution in [0.1, 0.15) is 29.6 Å². The van der Waals surface area contributed by atoms with Crippen molar-refractivity contribution < 1.29 is 14.7 Å². The molecular weight excluding hydrogens is 268 g/mol. The van der Waals surface area contributed by atoms with Crippen LogP contribution in [0.4, 0.5) is 5.69 Å². The molecule has 0 radical (unpaired) electrons. The van der Waals surface area contributed by atoms with Gasteiger partial charge < -0.3 is 16.2 Å². The molecule has 19 heavy (non-hydrogen) atoms. The maximum atomic E-state index is 11.2. The van der Waals surface area contributed by atoms with Gasteiger partial charge in [-0.15, -0.1) is 0 Å². The lowest BCUT2D eigenvalue weighted by molar-refractivity contribution is -0.153. The SMILES string of the molecule is NC(=O)c1ccc(NCC2(C(=O)O)CCC2)cc1Cl. The summed E-state index contributed by atoms with van der Waals surface area (Å²) in [4.78, 5) is 22.2. The molecule has 0 heterocycles. The van der Waals surface area contributed by atoms with Gasteiger partial charge in [0.15, 0.2) is 0 Å². The predicted molar refractivity (Wildman–Crippen MR) is 72.4 cm³/mol. The summed E-state index contributed by atoms with van der Waals surface area (Å²) in [5.74, 6) is -1.36. The predicted octanol–water partition coefficient (Wildman–Crippen LogP) is 2.11. The molecule has 1 aliphatic rings. The van der Waals surface area contributed by atoms with Crippen molar-refractivity contribution in [2.75, 3.05) is 11.9 Å². The number of carboxylic acids is 1. The number of benzene rings is 1. The van der Waals surface area contributed by atoms with Crippen molar-refractivity contribution in [2.45, 2.75) is 19.3 Å². The second kappa shape index (κ2) is 5.09. The normalized spacial score (nSPS) is 16.5. The Morgan fingerprint density at radius 2 is 2.11 bits per heavy atom. The molecule has 5 nitrogen and oxygen atoms in total. The summed E-state index contributed by atoms with van der Waals surface area (Å²) in [6, 6.07) is 4.78. The molecule has 102 valence electrons. The average Bonchev–Trinajstić information content (AvgIpc) is 2.26. The first-order valence-corrected chi connectivity index (χ1v) is 6.39.